The van der Waals surface area contributed by atoms with Crippen molar-refractivity contribution in [3.05, 3.63) is 24.0 Å². The maximum Gasteiger partial charge on any atom is 0.227 e. The third-order valence-electron chi connectivity index (χ3n) is 5.16. The summed E-state index contributed by atoms with van der Waals surface area (Å²) < 4.78 is 13.7. The number of hydrogen-bond donors (Lipinski definition) is 2. The molecule has 1 aromatic carbocycles. The minimum Gasteiger partial charge on any atom is -0.399 e. The van der Waals surface area contributed by atoms with Crippen molar-refractivity contribution in [1.82, 2.24) is 0 Å². The highest BCUT2D eigenvalue weighted by Gasteiger charge is 2.35. The second-order valence-electron chi connectivity index (χ2n) is 6.54. The molecule has 0 saturated heterocycles. The van der Waals surface area contributed by atoms with E-state index >= 15 is 0 Å². The fourth-order valence-electron chi connectivity index (χ4n) is 3.98. The van der Waals surface area contributed by atoms with Gasteiger partial charge in [0, 0.05) is 11.6 Å². The summed E-state index contributed by atoms with van der Waals surface area (Å²) in [5.74, 6) is 1.04. The summed E-state index contributed by atoms with van der Waals surface area (Å²) in [4.78, 5) is 12.4. The smallest absolute Gasteiger partial charge is 0.227 e. The van der Waals surface area contributed by atoms with Crippen LogP contribution in [0.3, 0.4) is 0 Å². The van der Waals surface area contributed by atoms with Gasteiger partial charge in [-0.2, -0.15) is 0 Å². The minimum absolute atomic E-state index is 0.0187. The molecule has 3 rings (SSSR count). The average Bonchev–Trinajstić information content (AvgIpc) is 2.50. The molecule has 2 aliphatic rings. The van der Waals surface area contributed by atoms with Gasteiger partial charge in [0.2, 0.25) is 5.91 Å². The topological polar surface area (TPSA) is 55.1 Å². The van der Waals surface area contributed by atoms with Gasteiger partial charge in [-0.1, -0.05) is 25.7 Å². The van der Waals surface area contributed by atoms with Crippen molar-refractivity contribution in [3.8, 4) is 0 Å². The summed E-state index contributed by atoms with van der Waals surface area (Å²) in [5.41, 5.74) is 6.31. The maximum absolute atomic E-state index is 13.7. The van der Waals surface area contributed by atoms with Crippen LogP contribution < -0.4 is 11.1 Å². The molecule has 0 radical (unpaired) electrons. The molecule has 3 N–H and O–H groups in total. The number of rotatable bonds is 2. The summed E-state index contributed by atoms with van der Waals surface area (Å²) in [6.07, 6.45) is 8.23. The highest BCUT2D eigenvalue weighted by Crippen LogP contribution is 2.42. The van der Waals surface area contributed by atoms with Crippen molar-refractivity contribution in [2.75, 3.05) is 11.1 Å². The third-order valence-corrected chi connectivity index (χ3v) is 5.16. The zero-order valence-electron chi connectivity index (χ0n) is 12.3. The monoisotopic (exact) mass is 290 g/mol. The van der Waals surface area contributed by atoms with Gasteiger partial charge in [0.05, 0.1) is 5.69 Å². The summed E-state index contributed by atoms with van der Waals surface area (Å²) in [5, 5.41) is 2.72. The largest absolute Gasteiger partial charge is 0.399 e. The van der Waals surface area contributed by atoms with Crippen molar-refractivity contribution in [1.29, 1.82) is 0 Å². The van der Waals surface area contributed by atoms with E-state index in [0.717, 1.165) is 25.2 Å². The fraction of sp³-hybridized carbons (Fsp3) is 0.588. The van der Waals surface area contributed by atoms with E-state index in [1.807, 2.05) is 0 Å². The lowest BCUT2D eigenvalue weighted by molar-refractivity contribution is -0.122. The predicted octanol–water partition coefficient (Wildman–Crippen LogP) is 3.95. The standard InChI is InChI=1S/C17H23FN2O/c18-15-8-7-14(19)10-16(15)20-17(21)13-6-5-11-3-1-2-4-12(11)9-13/h7-8,10-13H,1-6,9,19H2,(H,20,21). The molecule has 1 amide bonds. The number of anilines is 2. The molecule has 4 heteroatoms. The summed E-state index contributed by atoms with van der Waals surface area (Å²) in [6.45, 7) is 0. The quantitative estimate of drug-likeness (QED) is 0.810. The Labute approximate surface area is 125 Å². The van der Waals surface area contributed by atoms with Gasteiger partial charge in [-0.05, 0) is 49.3 Å². The van der Waals surface area contributed by atoms with E-state index in [9.17, 15) is 9.18 Å². The first kappa shape index (κ1) is 14.4. The SMILES string of the molecule is Nc1ccc(F)c(NC(=O)C2CCC3CCCCC3C2)c1. The van der Waals surface area contributed by atoms with Crippen molar-refractivity contribution in [2.45, 2.75) is 44.9 Å². The van der Waals surface area contributed by atoms with E-state index < -0.39 is 5.82 Å². The second kappa shape index (κ2) is 6.04. The molecule has 0 aromatic heterocycles. The second-order valence-corrected chi connectivity index (χ2v) is 6.54. The van der Waals surface area contributed by atoms with Crippen molar-refractivity contribution < 1.29 is 9.18 Å². The number of hydrogen-bond acceptors (Lipinski definition) is 2. The average molecular weight is 290 g/mol. The van der Waals surface area contributed by atoms with Crippen LogP contribution >= 0.6 is 0 Å². The van der Waals surface area contributed by atoms with Crippen LogP contribution in [0, 0.1) is 23.6 Å². The molecule has 2 saturated carbocycles. The van der Waals surface area contributed by atoms with Crippen molar-refractivity contribution in [2.24, 2.45) is 17.8 Å². The molecule has 3 nitrogen and oxygen atoms in total. The molecule has 2 aliphatic carbocycles. The van der Waals surface area contributed by atoms with Gasteiger partial charge in [0.25, 0.3) is 0 Å². The van der Waals surface area contributed by atoms with Crippen molar-refractivity contribution >= 4 is 17.3 Å². The molecule has 0 spiro atoms. The number of nitrogens with two attached hydrogens (primary N) is 1. The van der Waals surface area contributed by atoms with Gasteiger partial charge < -0.3 is 11.1 Å². The lowest BCUT2D eigenvalue weighted by Gasteiger charge is -2.38. The van der Waals surface area contributed by atoms with Crippen LogP contribution in [0.1, 0.15) is 44.9 Å². The number of carbonyl (C=O) groups excluding carboxylic acids is 1. The number of nitrogen functional groups attached to an aromatic ring is 1. The molecule has 0 heterocycles. The molecule has 3 atom stereocenters. The first-order valence-electron chi connectivity index (χ1n) is 7.99. The van der Waals surface area contributed by atoms with E-state index in [1.54, 1.807) is 0 Å². The Morgan fingerprint density at radius 3 is 2.71 bits per heavy atom. The first-order chi connectivity index (χ1) is 10.1. The minimum atomic E-state index is -0.427. The molecule has 3 unspecified atom stereocenters. The van der Waals surface area contributed by atoms with Gasteiger partial charge in [-0.25, -0.2) is 4.39 Å². The molecule has 0 bridgehead atoms. The highest BCUT2D eigenvalue weighted by atomic mass is 19.1. The van der Waals surface area contributed by atoms with Gasteiger partial charge in [-0.3, -0.25) is 4.79 Å². The first-order valence-corrected chi connectivity index (χ1v) is 7.99. The lowest BCUT2D eigenvalue weighted by atomic mass is 9.67. The number of fused-ring (bicyclic) bond motifs is 1. The Morgan fingerprint density at radius 1 is 1.14 bits per heavy atom. The van der Waals surface area contributed by atoms with Crippen molar-refractivity contribution in [3.63, 3.8) is 0 Å². The highest BCUT2D eigenvalue weighted by molar-refractivity contribution is 5.93. The van der Waals surface area contributed by atoms with Gasteiger partial charge in [0.1, 0.15) is 5.82 Å². The molecule has 1 aromatic rings. The lowest BCUT2D eigenvalue weighted by Crippen LogP contribution is -2.34. The third kappa shape index (κ3) is 3.20. The normalized spacial score (nSPS) is 28.7. The van der Waals surface area contributed by atoms with E-state index in [-0.39, 0.29) is 17.5 Å². The molecule has 2 fully saturated rings. The molecular weight excluding hydrogens is 267 g/mol. The van der Waals surface area contributed by atoms with Crippen LogP contribution in [0.5, 0.6) is 0 Å². The molecule has 0 aliphatic heterocycles. The maximum atomic E-state index is 13.7. The van der Waals surface area contributed by atoms with Crippen LogP contribution in [0.2, 0.25) is 0 Å². The molecular formula is C17H23FN2O. The Balaban J connectivity index is 1.64. The van der Waals surface area contributed by atoms with Crippen LogP contribution in [0.15, 0.2) is 18.2 Å². The summed E-state index contributed by atoms with van der Waals surface area (Å²) in [7, 11) is 0. The fourth-order valence-corrected chi connectivity index (χ4v) is 3.98. The Hall–Kier alpha value is -1.58. The number of benzene rings is 1. The van der Waals surface area contributed by atoms with Crippen LogP contribution in [-0.2, 0) is 4.79 Å². The van der Waals surface area contributed by atoms with Gasteiger partial charge in [0.15, 0.2) is 0 Å². The van der Waals surface area contributed by atoms with E-state index in [2.05, 4.69) is 5.32 Å². The number of carbonyl (C=O) groups is 1. The van der Waals surface area contributed by atoms with E-state index in [1.165, 1.54) is 43.9 Å². The summed E-state index contributed by atoms with van der Waals surface area (Å²) >= 11 is 0. The predicted molar refractivity (Wildman–Crippen MR) is 82.2 cm³/mol. The molecule has 21 heavy (non-hydrogen) atoms. The zero-order valence-corrected chi connectivity index (χ0v) is 12.3. The number of halogens is 1. The van der Waals surface area contributed by atoms with Crippen LogP contribution in [0.25, 0.3) is 0 Å². The van der Waals surface area contributed by atoms with E-state index in [4.69, 9.17) is 5.73 Å². The number of amides is 1. The Morgan fingerprint density at radius 2 is 1.90 bits per heavy atom. The summed E-state index contributed by atoms with van der Waals surface area (Å²) in [6, 6.07) is 4.28. The molecule has 114 valence electrons. The number of nitrogens with one attached hydrogen (secondary N) is 1. The Kier molecular flexibility index (Phi) is 4.13. The van der Waals surface area contributed by atoms with Gasteiger partial charge in [-0.15, -0.1) is 0 Å². The van der Waals surface area contributed by atoms with Gasteiger partial charge >= 0.3 is 0 Å². The zero-order chi connectivity index (χ0) is 14.8. The van der Waals surface area contributed by atoms with Crippen LogP contribution in [-0.4, -0.2) is 5.91 Å². The van der Waals surface area contributed by atoms with Crippen LogP contribution in [0.4, 0.5) is 15.8 Å². The Bertz CT molecular complexity index is 532. The van der Waals surface area contributed by atoms with E-state index in [0.29, 0.717) is 11.6 Å².